The smallest absolute Gasteiger partial charge is 0.264 e. The first-order chi connectivity index (χ1) is 19.1. The molecule has 0 saturated carbocycles. The lowest BCUT2D eigenvalue weighted by atomic mass is 10.1. The molecule has 1 unspecified atom stereocenters. The number of halogens is 1. The first-order valence-corrected chi connectivity index (χ1v) is 15.0. The van der Waals surface area contributed by atoms with E-state index >= 15 is 0 Å². The predicted octanol–water partition coefficient (Wildman–Crippen LogP) is 5.19. The van der Waals surface area contributed by atoms with Crippen molar-refractivity contribution >= 4 is 39.1 Å². The molecular weight excluding hydrogens is 550 g/mol. The zero-order chi connectivity index (χ0) is 29.3. The summed E-state index contributed by atoms with van der Waals surface area (Å²) in [6.07, 6.45) is 0.742. The Hall–Kier alpha value is -3.56. The van der Waals surface area contributed by atoms with Crippen LogP contribution >= 0.6 is 11.6 Å². The van der Waals surface area contributed by atoms with Crippen LogP contribution in [0.5, 0.6) is 5.75 Å². The van der Waals surface area contributed by atoms with Crippen LogP contribution in [-0.2, 0) is 26.2 Å². The van der Waals surface area contributed by atoms with Crippen molar-refractivity contribution in [3.05, 3.63) is 88.9 Å². The Labute approximate surface area is 241 Å². The molecule has 0 aliphatic carbocycles. The van der Waals surface area contributed by atoms with E-state index in [-0.39, 0.29) is 23.0 Å². The number of anilines is 1. The van der Waals surface area contributed by atoms with Gasteiger partial charge < -0.3 is 15.0 Å². The number of nitrogens with one attached hydrogen (secondary N) is 1. The number of amides is 2. The molecule has 2 amide bonds. The highest BCUT2D eigenvalue weighted by Gasteiger charge is 2.33. The van der Waals surface area contributed by atoms with Crippen molar-refractivity contribution in [2.24, 2.45) is 0 Å². The topological polar surface area (TPSA) is 96.0 Å². The fourth-order valence-corrected chi connectivity index (χ4v) is 5.72. The molecule has 3 aromatic carbocycles. The summed E-state index contributed by atoms with van der Waals surface area (Å²) in [5.74, 6) is -0.538. The number of nitrogens with zero attached hydrogens (tertiary/aromatic N) is 2. The number of aryl methyl sites for hydroxylation is 1. The number of para-hydroxylation sites is 2. The van der Waals surface area contributed by atoms with Crippen LogP contribution in [0.25, 0.3) is 0 Å². The SMILES string of the molecule is CCCNC(=O)C(C)N(Cc1cccc(C)c1)C(=O)CN(c1ccccc1OCC)S(=O)(=O)c1ccc(Cl)cc1. The van der Waals surface area contributed by atoms with E-state index in [4.69, 9.17) is 16.3 Å². The van der Waals surface area contributed by atoms with Gasteiger partial charge >= 0.3 is 0 Å². The number of carbonyl (C=O) groups is 2. The Kier molecular flexibility index (Phi) is 11.0. The van der Waals surface area contributed by atoms with E-state index in [1.165, 1.54) is 29.2 Å². The average Bonchev–Trinajstić information content (AvgIpc) is 2.93. The summed E-state index contributed by atoms with van der Waals surface area (Å²) in [6, 6.07) is 19.2. The maximum Gasteiger partial charge on any atom is 0.264 e. The van der Waals surface area contributed by atoms with Crippen molar-refractivity contribution in [1.29, 1.82) is 0 Å². The van der Waals surface area contributed by atoms with Gasteiger partial charge in [0.15, 0.2) is 0 Å². The van der Waals surface area contributed by atoms with Gasteiger partial charge in [-0.2, -0.15) is 0 Å². The third-order valence-corrected chi connectivity index (χ3v) is 8.29. The van der Waals surface area contributed by atoms with Crippen LogP contribution in [0.2, 0.25) is 5.02 Å². The molecule has 8 nitrogen and oxygen atoms in total. The largest absolute Gasteiger partial charge is 0.492 e. The summed E-state index contributed by atoms with van der Waals surface area (Å²) in [6.45, 7) is 7.66. The van der Waals surface area contributed by atoms with E-state index in [1.54, 1.807) is 38.1 Å². The molecule has 40 heavy (non-hydrogen) atoms. The lowest BCUT2D eigenvalue weighted by Gasteiger charge is -2.32. The minimum atomic E-state index is -4.23. The van der Waals surface area contributed by atoms with Crippen molar-refractivity contribution in [3.8, 4) is 5.75 Å². The van der Waals surface area contributed by atoms with Crippen LogP contribution in [0.15, 0.2) is 77.7 Å². The molecule has 0 saturated heterocycles. The number of hydrogen-bond acceptors (Lipinski definition) is 5. The van der Waals surface area contributed by atoms with Crippen LogP contribution in [0.1, 0.15) is 38.3 Å². The minimum Gasteiger partial charge on any atom is -0.492 e. The molecule has 0 heterocycles. The van der Waals surface area contributed by atoms with E-state index < -0.39 is 28.5 Å². The van der Waals surface area contributed by atoms with Crippen molar-refractivity contribution in [3.63, 3.8) is 0 Å². The van der Waals surface area contributed by atoms with E-state index in [2.05, 4.69) is 5.32 Å². The molecule has 214 valence electrons. The Balaban J connectivity index is 2.07. The van der Waals surface area contributed by atoms with Gasteiger partial charge in [-0.05, 0) is 69.2 Å². The molecule has 0 aromatic heterocycles. The number of ether oxygens (including phenoxy) is 1. The Morgan fingerprint density at radius 2 is 1.70 bits per heavy atom. The van der Waals surface area contributed by atoms with E-state index in [0.29, 0.717) is 23.9 Å². The maximum absolute atomic E-state index is 14.0. The molecule has 0 spiro atoms. The first-order valence-electron chi connectivity index (χ1n) is 13.2. The molecule has 3 aromatic rings. The Morgan fingerprint density at radius 1 is 1.00 bits per heavy atom. The van der Waals surface area contributed by atoms with E-state index in [1.807, 2.05) is 38.1 Å². The molecule has 10 heteroatoms. The van der Waals surface area contributed by atoms with Crippen molar-refractivity contribution in [2.75, 3.05) is 24.0 Å². The number of benzene rings is 3. The number of sulfonamides is 1. The monoisotopic (exact) mass is 585 g/mol. The molecule has 3 rings (SSSR count). The van der Waals surface area contributed by atoms with Crippen LogP contribution in [0.4, 0.5) is 5.69 Å². The summed E-state index contributed by atoms with van der Waals surface area (Å²) in [5, 5.41) is 3.22. The molecule has 0 bridgehead atoms. The van der Waals surface area contributed by atoms with Gasteiger partial charge in [-0.25, -0.2) is 8.42 Å². The molecule has 0 aliphatic heterocycles. The van der Waals surface area contributed by atoms with Gasteiger partial charge in [0.1, 0.15) is 18.3 Å². The van der Waals surface area contributed by atoms with E-state index in [9.17, 15) is 18.0 Å². The highest BCUT2D eigenvalue weighted by molar-refractivity contribution is 7.92. The van der Waals surface area contributed by atoms with E-state index in [0.717, 1.165) is 21.9 Å². The third-order valence-electron chi connectivity index (χ3n) is 6.27. The fourth-order valence-electron chi connectivity index (χ4n) is 4.17. The molecular formula is C30H36ClN3O5S. The minimum absolute atomic E-state index is 0.0324. The second-order valence-electron chi connectivity index (χ2n) is 9.34. The molecule has 0 aliphatic rings. The summed E-state index contributed by atoms with van der Waals surface area (Å²) in [5.41, 5.74) is 2.04. The molecule has 0 radical (unpaired) electrons. The maximum atomic E-state index is 14.0. The van der Waals surface area contributed by atoms with Crippen LogP contribution in [0.3, 0.4) is 0 Å². The van der Waals surface area contributed by atoms with Gasteiger partial charge in [-0.3, -0.25) is 13.9 Å². The second-order valence-corrected chi connectivity index (χ2v) is 11.6. The molecule has 0 fully saturated rings. The zero-order valence-electron chi connectivity index (χ0n) is 23.3. The predicted molar refractivity (Wildman–Crippen MR) is 158 cm³/mol. The van der Waals surface area contributed by atoms with Gasteiger partial charge in [0.2, 0.25) is 11.8 Å². The lowest BCUT2D eigenvalue weighted by Crippen LogP contribution is -2.51. The van der Waals surface area contributed by atoms with Gasteiger partial charge in [-0.1, -0.05) is 60.5 Å². The normalized spacial score (nSPS) is 11.9. The van der Waals surface area contributed by atoms with Crippen LogP contribution in [0, 0.1) is 6.92 Å². The molecule has 1 N–H and O–H groups in total. The molecule has 1 atom stereocenters. The highest BCUT2D eigenvalue weighted by Crippen LogP contribution is 2.33. The quantitative estimate of drug-likeness (QED) is 0.298. The van der Waals surface area contributed by atoms with Gasteiger partial charge in [-0.15, -0.1) is 0 Å². The van der Waals surface area contributed by atoms with Crippen molar-refractivity contribution in [2.45, 2.75) is 51.6 Å². The van der Waals surface area contributed by atoms with Gasteiger partial charge in [0, 0.05) is 18.1 Å². The number of rotatable bonds is 13. The van der Waals surface area contributed by atoms with Crippen molar-refractivity contribution < 1.29 is 22.7 Å². The Morgan fingerprint density at radius 3 is 2.35 bits per heavy atom. The van der Waals surface area contributed by atoms with Gasteiger partial charge in [0.25, 0.3) is 10.0 Å². The first kappa shape index (κ1) is 31.0. The Bertz CT molecular complexity index is 1410. The highest BCUT2D eigenvalue weighted by atomic mass is 35.5. The summed E-state index contributed by atoms with van der Waals surface area (Å²) < 4.78 is 34.7. The number of hydrogen-bond donors (Lipinski definition) is 1. The third kappa shape index (κ3) is 7.76. The van der Waals surface area contributed by atoms with Crippen LogP contribution in [-0.4, -0.2) is 50.9 Å². The second kappa shape index (κ2) is 14.2. The lowest BCUT2D eigenvalue weighted by molar-refractivity contribution is -0.139. The van der Waals surface area contributed by atoms with Crippen molar-refractivity contribution in [1.82, 2.24) is 10.2 Å². The average molecular weight is 586 g/mol. The summed E-state index contributed by atoms with van der Waals surface area (Å²) >= 11 is 6.01. The van der Waals surface area contributed by atoms with Crippen LogP contribution < -0.4 is 14.4 Å². The summed E-state index contributed by atoms with van der Waals surface area (Å²) in [7, 11) is -4.23. The van der Waals surface area contributed by atoms with Gasteiger partial charge in [0.05, 0.1) is 17.2 Å². The number of carbonyl (C=O) groups excluding carboxylic acids is 2. The summed E-state index contributed by atoms with van der Waals surface area (Å²) in [4.78, 5) is 28.4. The fraction of sp³-hybridized carbons (Fsp3) is 0.333. The standard InChI is InChI=1S/C30H36ClN3O5S/c1-5-18-32-30(36)23(4)33(20-24-11-9-10-22(3)19-24)29(35)21-34(27-12-7-8-13-28(27)39-6-2)40(37,38)26-16-14-25(31)15-17-26/h7-17,19,23H,5-6,18,20-21H2,1-4H3,(H,32,36). The zero-order valence-corrected chi connectivity index (χ0v) is 24.8.